The Labute approximate surface area is 180 Å². The Morgan fingerprint density at radius 2 is 2.00 bits per heavy atom. The Morgan fingerprint density at radius 1 is 1.23 bits per heavy atom. The molecule has 168 valence electrons. The Bertz CT molecular complexity index is 676. The predicted molar refractivity (Wildman–Crippen MR) is 114 cm³/mol. The van der Waals surface area contributed by atoms with Crippen molar-refractivity contribution >= 4 is 29.6 Å². The monoisotopic (exact) mass is 442 g/mol. The predicted octanol–water partition coefficient (Wildman–Crippen LogP) is 1.65. The molecule has 10 nitrogen and oxygen atoms in total. The first-order valence-electron chi connectivity index (χ1n) is 9.80. The van der Waals surface area contributed by atoms with Crippen LogP contribution in [0.25, 0.3) is 0 Å². The van der Waals surface area contributed by atoms with Gasteiger partial charge in [0.2, 0.25) is 0 Å². The molecule has 1 aromatic carbocycles. The lowest BCUT2D eigenvalue weighted by molar-refractivity contribution is -0.387. The normalized spacial score (nSPS) is 11.7. The summed E-state index contributed by atoms with van der Waals surface area (Å²) in [5.41, 5.74) is 0.0350. The molecule has 0 fully saturated rings. The van der Waals surface area contributed by atoms with E-state index in [-0.39, 0.29) is 18.1 Å². The van der Waals surface area contributed by atoms with Gasteiger partial charge in [0.1, 0.15) is 10.9 Å². The van der Waals surface area contributed by atoms with Gasteiger partial charge in [0, 0.05) is 32.2 Å². The van der Waals surface area contributed by atoms with Crippen molar-refractivity contribution in [3.8, 4) is 0 Å². The lowest BCUT2D eigenvalue weighted by Gasteiger charge is -2.17. The molecule has 0 aliphatic rings. The van der Waals surface area contributed by atoms with Crippen LogP contribution >= 0.6 is 11.9 Å². The van der Waals surface area contributed by atoms with Crippen molar-refractivity contribution in [3.63, 3.8) is 0 Å². The molecular weight excluding hydrogens is 412 g/mol. The maximum atomic E-state index is 11.9. The third-order valence-corrected chi connectivity index (χ3v) is 4.88. The van der Waals surface area contributed by atoms with Gasteiger partial charge in [-0.2, -0.15) is 0 Å². The minimum absolute atomic E-state index is 0.0350. The molecule has 0 aliphatic carbocycles. The number of esters is 2. The summed E-state index contributed by atoms with van der Waals surface area (Å²) in [6.07, 6.45) is 2.04. The van der Waals surface area contributed by atoms with Crippen LogP contribution in [0.1, 0.15) is 26.2 Å². The fraction of sp³-hybridized carbons (Fsp3) is 0.579. The molecule has 3 N–H and O–H groups in total. The van der Waals surface area contributed by atoms with E-state index in [1.165, 1.54) is 13.2 Å². The summed E-state index contributed by atoms with van der Waals surface area (Å²) in [4.78, 5) is 34.5. The van der Waals surface area contributed by atoms with E-state index < -0.39 is 16.9 Å². The van der Waals surface area contributed by atoms with Gasteiger partial charge in [-0.3, -0.25) is 24.4 Å². The molecule has 0 spiro atoms. The summed E-state index contributed by atoms with van der Waals surface area (Å²) in [6.45, 7) is 4.05. The van der Waals surface area contributed by atoms with Crippen molar-refractivity contribution in [2.45, 2.75) is 37.1 Å². The third kappa shape index (κ3) is 10.5. The smallest absolute Gasteiger partial charge is 0.324 e. The molecule has 1 atom stereocenters. The maximum absolute atomic E-state index is 11.9. The number of para-hydroxylation sites is 1. The van der Waals surface area contributed by atoms with Crippen LogP contribution in [0.4, 0.5) is 5.69 Å². The van der Waals surface area contributed by atoms with Gasteiger partial charge in [0.15, 0.2) is 0 Å². The summed E-state index contributed by atoms with van der Waals surface area (Å²) in [6, 6.07) is 5.87. The standard InChI is InChI=1S/C19H30N4O6S/c1-3-4-13-29-18(24)9-10-20-14-15(19(25)28-2)21-11-12-22-30-17-8-6-5-7-16(17)23(26)27/h5-8,15,20-22H,3-4,9-14H2,1-2H3. The van der Waals surface area contributed by atoms with Gasteiger partial charge in [-0.05, 0) is 24.4 Å². The highest BCUT2D eigenvalue weighted by Gasteiger charge is 2.18. The van der Waals surface area contributed by atoms with Crippen LogP contribution < -0.4 is 15.4 Å². The molecule has 0 amide bonds. The van der Waals surface area contributed by atoms with Crippen molar-refractivity contribution in [2.75, 3.05) is 39.9 Å². The number of nitro benzene ring substituents is 1. The van der Waals surface area contributed by atoms with Gasteiger partial charge < -0.3 is 20.1 Å². The highest BCUT2D eigenvalue weighted by molar-refractivity contribution is 7.97. The van der Waals surface area contributed by atoms with E-state index in [9.17, 15) is 19.7 Å². The largest absolute Gasteiger partial charge is 0.468 e. The van der Waals surface area contributed by atoms with Gasteiger partial charge in [0.05, 0.1) is 25.1 Å². The summed E-state index contributed by atoms with van der Waals surface area (Å²) < 4.78 is 12.9. The van der Waals surface area contributed by atoms with Crippen LogP contribution in [-0.4, -0.2) is 62.8 Å². The number of benzene rings is 1. The van der Waals surface area contributed by atoms with Gasteiger partial charge in [0.25, 0.3) is 5.69 Å². The van der Waals surface area contributed by atoms with Gasteiger partial charge >= 0.3 is 11.9 Å². The summed E-state index contributed by atoms with van der Waals surface area (Å²) >= 11 is 1.16. The summed E-state index contributed by atoms with van der Waals surface area (Å²) in [7, 11) is 1.31. The lowest BCUT2D eigenvalue weighted by Crippen LogP contribution is -2.47. The second-order valence-corrected chi connectivity index (χ2v) is 7.21. The van der Waals surface area contributed by atoms with E-state index in [1.807, 2.05) is 6.92 Å². The highest BCUT2D eigenvalue weighted by Crippen LogP contribution is 2.26. The summed E-state index contributed by atoms with van der Waals surface area (Å²) in [5, 5.41) is 17.1. The number of carbonyl (C=O) groups excluding carboxylic acids is 2. The molecule has 1 unspecified atom stereocenters. The quantitative estimate of drug-likeness (QED) is 0.114. The van der Waals surface area contributed by atoms with Crippen LogP contribution in [0.15, 0.2) is 29.2 Å². The molecular formula is C19H30N4O6S. The molecule has 1 rings (SSSR count). The van der Waals surface area contributed by atoms with E-state index in [2.05, 4.69) is 15.4 Å². The van der Waals surface area contributed by atoms with Crippen molar-refractivity contribution in [1.82, 2.24) is 15.4 Å². The molecule has 0 saturated heterocycles. The Morgan fingerprint density at radius 3 is 2.70 bits per heavy atom. The number of hydrogen-bond donors (Lipinski definition) is 3. The number of rotatable bonds is 16. The van der Waals surface area contributed by atoms with Crippen molar-refractivity contribution in [2.24, 2.45) is 0 Å². The van der Waals surface area contributed by atoms with E-state index >= 15 is 0 Å². The molecule has 0 bridgehead atoms. The molecule has 0 radical (unpaired) electrons. The number of ether oxygens (including phenoxy) is 2. The number of methoxy groups -OCH3 is 1. The maximum Gasteiger partial charge on any atom is 0.324 e. The number of nitrogens with one attached hydrogen (secondary N) is 3. The van der Waals surface area contributed by atoms with Crippen LogP contribution in [0.5, 0.6) is 0 Å². The lowest BCUT2D eigenvalue weighted by atomic mass is 10.3. The molecule has 0 saturated carbocycles. The second kappa shape index (κ2) is 15.6. The highest BCUT2D eigenvalue weighted by atomic mass is 32.2. The average Bonchev–Trinajstić information content (AvgIpc) is 2.74. The first-order chi connectivity index (χ1) is 14.5. The number of hydrogen-bond acceptors (Lipinski definition) is 10. The Balaban J connectivity index is 2.29. The Hall–Kier alpha value is -2.21. The van der Waals surface area contributed by atoms with Gasteiger partial charge in [-0.15, -0.1) is 0 Å². The van der Waals surface area contributed by atoms with Gasteiger partial charge in [-0.1, -0.05) is 25.5 Å². The fourth-order valence-corrected chi connectivity index (χ4v) is 3.09. The third-order valence-electron chi connectivity index (χ3n) is 3.96. The van der Waals surface area contributed by atoms with Crippen molar-refractivity contribution in [3.05, 3.63) is 34.4 Å². The molecule has 0 aliphatic heterocycles. The minimum Gasteiger partial charge on any atom is -0.468 e. The number of carbonyl (C=O) groups is 2. The molecule has 11 heteroatoms. The number of nitro groups is 1. The zero-order valence-corrected chi connectivity index (χ0v) is 18.2. The second-order valence-electron chi connectivity index (χ2n) is 6.28. The molecule has 1 aromatic rings. The fourth-order valence-electron chi connectivity index (χ4n) is 2.34. The average molecular weight is 443 g/mol. The first kappa shape index (κ1) is 25.8. The Kier molecular flexibility index (Phi) is 13.4. The van der Waals surface area contributed by atoms with E-state index in [0.29, 0.717) is 37.7 Å². The minimum atomic E-state index is -0.580. The number of unbranched alkanes of at least 4 members (excludes halogenated alkanes) is 1. The van der Waals surface area contributed by atoms with E-state index in [1.54, 1.807) is 18.2 Å². The first-order valence-corrected chi connectivity index (χ1v) is 10.6. The van der Waals surface area contributed by atoms with Crippen LogP contribution in [-0.2, 0) is 19.1 Å². The van der Waals surface area contributed by atoms with Gasteiger partial charge in [-0.25, -0.2) is 0 Å². The molecule has 30 heavy (non-hydrogen) atoms. The topological polar surface area (TPSA) is 132 Å². The van der Waals surface area contributed by atoms with Crippen LogP contribution in [0, 0.1) is 10.1 Å². The number of nitrogens with zero attached hydrogens (tertiary/aromatic N) is 1. The zero-order chi connectivity index (χ0) is 22.2. The van der Waals surface area contributed by atoms with Crippen LogP contribution in [0.3, 0.4) is 0 Å². The summed E-state index contributed by atoms with van der Waals surface area (Å²) in [5.74, 6) is -0.686. The zero-order valence-electron chi connectivity index (χ0n) is 17.3. The molecule has 0 heterocycles. The molecule has 0 aromatic heterocycles. The SMILES string of the molecule is CCCCOC(=O)CCNCC(NCCNSc1ccccc1[N+](=O)[O-])C(=O)OC. The van der Waals surface area contributed by atoms with Crippen molar-refractivity contribution < 1.29 is 24.0 Å². The van der Waals surface area contributed by atoms with Crippen LogP contribution in [0.2, 0.25) is 0 Å². The van der Waals surface area contributed by atoms with E-state index in [0.717, 1.165) is 24.8 Å². The van der Waals surface area contributed by atoms with Crippen molar-refractivity contribution in [1.29, 1.82) is 0 Å². The van der Waals surface area contributed by atoms with E-state index in [4.69, 9.17) is 9.47 Å².